The first-order valence-corrected chi connectivity index (χ1v) is 6.53. The number of nitrogens with zero attached hydrogens (tertiary/aromatic N) is 4. The summed E-state index contributed by atoms with van der Waals surface area (Å²) in [5, 5.41) is 0. The van der Waals surface area contributed by atoms with E-state index in [1.54, 1.807) is 13.8 Å². The third kappa shape index (κ3) is 2.05. The Bertz CT molecular complexity index is 484. The van der Waals surface area contributed by atoms with Crippen LogP contribution in [0.2, 0.25) is 0 Å². The number of anilines is 1. The predicted octanol–water partition coefficient (Wildman–Crippen LogP) is 0.757. The van der Waals surface area contributed by atoms with Gasteiger partial charge in [0.05, 0.1) is 11.4 Å². The van der Waals surface area contributed by atoms with Gasteiger partial charge in [-0.3, -0.25) is 4.79 Å². The molecular formula is C13H17FN4O. The van der Waals surface area contributed by atoms with Crippen LogP contribution in [-0.4, -0.2) is 47.5 Å². The number of aryl methyl sites for hydroxylation is 2. The van der Waals surface area contributed by atoms with Crippen molar-refractivity contribution in [2.45, 2.75) is 13.8 Å². The van der Waals surface area contributed by atoms with Crippen molar-refractivity contribution in [2.24, 2.45) is 11.8 Å². The summed E-state index contributed by atoms with van der Waals surface area (Å²) in [6.45, 7) is 6.64. The Morgan fingerprint density at radius 3 is 2.11 bits per heavy atom. The second-order valence-electron chi connectivity index (χ2n) is 5.49. The van der Waals surface area contributed by atoms with Crippen molar-refractivity contribution in [1.82, 2.24) is 14.9 Å². The minimum Gasteiger partial charge on any atom is -0.345 e. The number of amides is 1. The van der Waals surface area contributed by atoms with Gasteiger partial charge in [0.15, 0.2) is 5.82 Å². The molecule has 5 nitrogen and oxygen atoms in total. The molecule has 2 aliphatic rings. The van der Waals surface area contributed by atoms with Gasteiger partial charge < -0.3 is 9.80 Å². The molecule has 6 heteroatoms. The molecule has 3 heterocycles. The van der Waals surface area contributed by atoms with Crippen LogP contribution in [-0.2, 0) is 4.79 Å². The lowest BCUT2D eigenvalue weighted by atomic mass is 10.0. The number of hydrogen-bond acceptors (Lipinski definition) is 4. The zero-order valence-electron chi connectivity index (χ0n) is 11.1. The number of aromatic nitrogens is 2. The molecule has 2 atom stereocenters. The summed E-state index contributed by atoms with van der Waals surface area (Å²) >= 11 is 0. The Balaban J connectivity index is 1.78. The van der Waals surface area contributed by atoms with Crippen LogP contribution in [0.1, 0.15) is 11.4 Å². The molecule has 1 aromatic heterocycles. The summed E-state index contributed by atoms with van der Waals surface area (Å²) in [5.74, 6) is 1.26. The predicted molar refractivity (Wildman–Crippen MR) is 68.3 cm³/mol. The summed E-state index contributed by atoms with van der Waals surface area (Å²) in [5.41, 5.74) is 0.795. The van der Waals surface area contributed by atoms with Crippen LogP contribution in [0.15, 0.2) is 0 Å². The number of rotatable bonds is 2. The molecule has 0 aromatic carbocycles. The van der Waals surface area contributed by atoms with Gasteiger partial charge in [-0.2, -0.15) is 0 Å². The van der Waals surface area contributed by atoms with Gasteiger partial charge in [-0.05, 0) is 13.8 Å². The van der Waals surface area contributed by atoms with Crippen LogP contribution in [0.4, 0.5) is 10.3 Å². The van der Waals surface area contributed by atoms with Crippen LogP contribution in [0.25, 0.3) is 0 Å². The molecule has 3 rings (SSSR count). The first-order valence-electron chi connectivity index (χ1n) is 6.53. The summed E-state index contributed by atoms with van der Waals surface area (Å²) in [7, 11) is 0. The first kappa shape index (κ1) is 12.3. The third-order valence-corrected chi connectivity index (χ3v) is 4.12. The molecule has 0 bridgehead atoms. The van der Waals surface area contributed by atoms with E-state index in [0.717, 1.165) is 32.6 Å². The van der Waals surface area contributed by atoms with E-state index in [9.17, 15) is 9.18 Å². The van der Waals surface area contributed by atoms with E-state index in [0.29, 0.717) is 29.2 Å². The van der Waals surface area contributed by atoms with E-state index >= 15 is 0 Å². The van der Waals surface area contributed by atoms with Gasteiger partial charge >= 0.3 is 0 Å². The Morgan fingerprint density at radius 1 is 1.11 bits per heavy atom. The maximum Gasteiger partial charge on any atom is 0.225 e. The molecular weight excluding hydrogens is 247 g/mol. The molecule has 2 saturated heterocycles. The molecule has 2 fully saturated rings. The number of hydrogen-bond donors (Lipinski definition) is 0. The highest BCUT2D eigenvalue weighted by molar-refractivity contribution is 5.48. The molecule has 2 aliphatic heterocycles. The average molecular weight is 264 g/mol. The third-order valence-electron chi connectivity index (χ3n) is 4.12. The smallest absolute Gasteiger partial charge is 0.225 e. The van der Waals surface area contributed by atoms with Gasteiger partial charge in [0.1, 0.15) is 0 Å². The van der Waals surface area contributed by atoms with Crippen LogP contribution < -0.4 is 4.90 Å². The largest absolute Gasteiger partial charge is 0.345 e. The molecule has 0 aliphatic carbocycles. The zero-order valence-corrected chi connectivity index (χ0v) is 11.1. The minimum absolute atomic E-state index is 0.324. The lowest BCUT2D eigenvalue weighted by molar-refractivity contribution is -0.117. The SMILES string of the molecule is Cc1nc(N2CC3CN(C=O)CC3C2)nc(C)c1F. The summed E-state index contributed by atoms with van der Waals surface area (Å²) in [6, 6.07) is 0. The average Bonchev–Trinajstić information content (AvgIpc) is 2.92. The highest BCUT2D eigenvalue weighted by Crippen LogP contribution is 2.32. The van der Waals surface area contributed by atoms with E-state index in [-0.39, 0.29) is 5.82 Å². The van der Waals surface area contributed by atoms with E-state index in [1.807, 2.05) is 4.90 Å². The van der Waals surface area contributed by atoms with Crippen LogP contribution in [0.5, 0.6) is 0 Å². The Kier molecular flexibility index (Phi) is 2.88. The molecule has 0 N–H and O–H groups in total. The van der Waals surface area contributed by atoms with Crippen LogP contribution in [0, 0.1) is 31.5 Å². The van der Waals surface area contributed by atoms with E-state index in [4.69, 9.17) is 0 Å². The number of fused-ring (bicyclic) bond motifs is 1. The molecule has 2 unspecified atom stereocenters. The van der Waals surface area contributed by atoms with Gasteiger partial charge in [-0.1, -0.05) is 0 Å². The Labute approximate surface area is 111 Å². The molecule has 0 saturated carbocycles. The van der Waals surface area contributed by atoms with E-state index < -0.39 is 0 Å². The number of likely N-dealkylation sites (tertiary alicyclic amines) is 1. The summed E-state index contributed by atoms with van der Waals surface area (Å²) in [6.07, 6.45) is 0.922. The van der Waals surface area contributed by atoms with Gasteiger partial charge in [0, 0.05) is 38.0 Å². The van der Waals surface area contributed by atoms with E-state index in [1.165, 1.54) is 0 Å². The molecule has 1 aromatic rings. The molecule has 0 spiro atoms. The lowest BCUT2D eigenvalue weighted by Gasteiger charge is -2.20. The fourth-order valence-corrected chi connectivity index (χ4v) is 3.11. The second-order valence-corrected chi connectivity index (χ2v) is 5.49. The quantitative estimate of drug-likeness (QED) is 0.740. The van der Waals surface area contributed by atoms with Crippen molar-refractivity contribution >= 4 is 12.4 Å². The first-order chi connectivity index (χ1) is 9.08. The fraction of sp³-hybridized carbons (Fsp3) is 0.615. The fourth-order valence-electron chi connectivity index (χ4n) is 3.11. The van der Waals surface area contributed by atoms with Gasteiger partial charge in [-0.15, -0.1) is 0 Å². The standard InChI is InChI=1S/C13H17FN4O/c1-8-12(14)9(2)16-13(15-8)18-5-10-3-17(7-19)4-11(10)6-18/h7,10-11H,3-6H2,1-2H3. The highest BCUT2D eigenvalue weighted by Gasteiger charge is 2.40. The monoisotopic (exact) mass is 264 g/mol. The van der Waals surface area contributed by atoms with Crippen LogP contribution in [0.3, 0.4) is 0 Å². The lowest BCUT2D eigenvalue weighted by Crippen LogP contribution is -2.29. The molecule has 19 heavy (non-hydrogen) atoms. The van der Waals surface area contributed by atoms with Crippen molar-refractivity contribution in [3.05, 3.63) is 17.2 Å². The Morgan fingerprint density at radius 2 is 1.63 bits per heavy atom. The maximum atomic E-state index is 13.5. The van der Waals surface area contributed by atoms with Gasteiger partial charge in [-0.25, -0.2) is 14.4 Å². The Hall–Kier alpha value is -1.72. The van der Waals surface area contributed by atoms with Crippen molar-refractivity contribution < 1.29 is 9.18 Å². The van der Waals surface area contributed by atoms with Crippen molar-refractivity contribution in [3.8, 4) is 0 Å². The van der Waals surface area contributed by atoms with Gasteiger partial charge in [0.2, 0.25) is 12.4 Å². The number of halogens is 1. The summed E-state index contributed by atoms with van der Waals surface area (Å²) < 4.78 is 13.5. The second kappa shape index (κ2) is 4.43. The summed E-state index contributed by atoms with van der Waals surface area (Å²) in [4.78, 5) is 23.2. The van der Waals surface area contributed by atoms with Crippen LogP contribution >= 0.6 is 0 Å². The van der Waals surface area contributed by atoms with Crippen molar-refractivity contribution in [3.63, 3.8) is 0 Å². The maximum absolute atomic E-state index is 13.5. The number of carbonyl (C=O) groups excluding carboxylic acids is 1. The minimum atomic E-state index is -0.324. The molecule has 102 valence electrons. The zero-order chi connectivity index (χ0) is 13.6. The highest BCUT2D eigenvalue weighted by atomic mass is 19.1. The van der Waals surface area contributed by atoms with Crippen molar-refractivity contribution in [1.29, 1.82) is 0 Å². The normalized spacial score (nSPS) is 25.8. The molecule has 1 amide bonds. The van der Waals surface area contributed by atoms with Gasteiger partial charge in [0.25, 0.3) is 0 Å². The molecule has 0 radical (unpaired) electrons. The number of carbonyl (C=O) groups is 1. The van der Waals surface area contributed by atoms with E-state index in [2.05, 4.69) is 14.9 Å². The van der Waals surface area contributed by atoms with Crippen molar-refractivity contribution in [2.75, 3.05) is 31.1 Å². The topological polar surface area (TPSA) is 49.3 Å².